The monoisotopic (exact) mass is 265 g/mol. The van der Waals surface area contributed by atoms with Crippen molar-refractivity contribution in [3.63, 3.8) is 0 Å². The first-order chi connectivity index (χ1) is 9.03. The van der Waals surface area contributed by atoms with Crippen molar-refractivity contribution >= 4 is 5.97 Å². The SMILES string of the molecule is Cc1cc(CNC2(C(=O)O)CCCCCC2)nn1C. The van der Waals surface area contributed by atoms with Crippen molar-refractivity contribution in [1.82, 2.24) is 15.1 Å². The molecule has 5 nitrogen and oxygen atoms in total. The molecule has 0 spiro atoms. The van der Waals surface area contributed by atoms with Crippen LogP contribution >= 0.6 is 0 Å². The van der Waals surface area contributed by atoms with Crippen LogP contribution in [0.4, 0.5) is 0 Å². The van der Waals surface area contributed by atoms with Crippen LogP contribution in [0.2, 0.25) is 0 Å². The Hall–Kier alpha value is -1.36. The van der Waals surface area contributed by atoms with Crippen LogP contribution in [-0.2, 0) is 18.4 Å². The molecule has 0 aromatic carbocycles. The summed E-state index contributed by atoms with van der Waals surface area (Å²) in [5.74, 6) is -0.720. The summed E-state index contributed by atoms with van der Waals surface area (Å²) in [6.45, 7) is 2.52. The van der Waals surface area contributed by atoms with Gasteiger partial charge in [-0.2, -0.15) is 5.10 Å². The lowest BCUT2D eigenvalue weighted by Gasteiger charge is -2.29. The van der Waals surface area contributed by atoms with E-state index < -0.39 is 11.5 Å². The van der Waals surface area contributed by atoms with Crippen molar-refractivity contribution in [2.45, 2.75) is 57.5 Å². The summed E-state index contributed by atoms with van der Waals surface area (Å²) < 4.78 is 1.82. The quantitative estimate of drug-likeness (QED) is 0.817. The summed E-state index contributed by atoms with van der Waals surface area (Å²) >= 11 is 0. The van der Waals surface area contributed by atoms with E-state index in [1.807, 2.05) is 24.7 Å². The molecule has 1 fully saturated rings. The van der Waals surface area contributed by atoms with Gasteiger partial charge in [0.05, 0.1) is 5.69 Å². The number of rotatable bonds is 4. The molecule has 1 saturated carbocycles. The molecule has 106 valence electrons. The zero-order chi connectivity index (χ0) is 13.9. The highest BCUT2D eigenvalue weighted by molar-refractivity contribution is 5.78. The zero-order valence-corrected chi connectivity index (χ0v) is 11.8. The Kier molecular flexibility index (Phi) is 4.24. The fraction of sp³-hybridized carbons (Fsp3) is 0.714. The van der Waals surface area contributed by atoms with Crippen LogP contribution in [-0.4, -0.2) is 26.4 Å². The fourth-order valence-corrected chi connectivity index (χ4v) is 2.78. The fourth-order valence-electron chi connectivity index (χ4n) is 2.78. The zero-order valence-electron chi connectivity index (χ0n) is 11.8. The number of nitrogens with one attached hydrogen (secondary N) is 1. The largest absolute Gasteiger partial charge is 0.480 e. The average molecular weight is 265 g/mol. The summed E-state index contributed by atoms with van der Waals surface area (Å²) in [6.07, 6.45) is 5.68. The first-order valence-corrected chi connectivity index (χ1v) is 7.01. The van der Waals surface area contributed by atoms with Crippen molar-refractivity contribution in [3.05, 3.63) is 17.5 Å². The van der Waals surface area contributed by atoms with E-state index in [0.717, 1.165) is 37.1 Å². The van der Waals surface area contributed by atoms with Gasteiger partial charge in [0.1, 0.15) is 5.54 Å². The molecule has 0 bridgehead atoms. The lowest BCUT2D eigenvalue weighted by molar-refractivity contribution is -0.145. The van der Waals surface area contributed by atoms with Crippen LogP contribution in [0.15, 0.2) is 6.07 Å². The summed E-state index contributed by atoms with van der Waals surface area (Å²) in [5.41, 5.74) is 1.23. The molecule has 0 aliphatic heterocycles. The van der Waals surface area contributed by atoms with E-state index in [0.29, 0.717) is 19.4 Å². The normalized spacial score (nSPS) is 19.1. The number of aryl methyl sites for hydroxylation is 2. The van der Waals surface area contributed by atoms with Crippen LogP contribution in [0, 0.1) is 6.92 Å². The summed E-state index contributed by atoms with van der Waals surface area (Å²) in [6, 6.07) is 2.00. The standard InChI is InChI=1S/C14H23N3O2/c1-11-9-12(16-17(11)2)10-15-14(13(18)19)7-5-3-4-6-8-14/h9,15H,3-8,10H2,1-2H3,(H,18,19). The molecule has 0 saturated heterocycles. The van der Waals surface area contributed by atoms with Crippen molar-refractivity contribution in [1.29, 1.82) is 0 Å². The smallest absolute Gasteiger partial charge is 0.323 e. The lowest BCUT2D eigenvalue weighted by Crippen LogP contribution is -2.51. The molecule has 2 N–H and O–H groups in total. The molecule has 2 rings (SSSR count). The minimum atomic E-state index is -0.762. The number of aliphatic carboxylic acids is 1. The van der Waals surface area contributed by atoms with Gasteiger partial charge in [0.25, 0.3) is 0 Å². The van der Waals surface area contributed by atoms with Gasteiger partial charge in [-0.1, -0.05) is 25.7 Å². The third-order valence-electron chi connectivity index (χ3n) is 4.14. The Labute approximate surface area is 114 Å². The molecule has 0 atom stereocenters. The number of carbonyl (C=O) groups is 1. The molecular weight excluding hydrogens is 242 g/mol. The summed E-state index contributed by atoms with van der Waals surface area (Å²) in [7, 11) is 1.90. The van der Waals surface area contributed by atoms with E-state index in [9.17, 15) is 9.90 Å². The Morgan fingerprint density at radius 1 is 1.42 bits per heavy atom. The Bertz CT molecular complexity index is 426. The van der Waals surface area contributed by atoms with Crippen molar-refractivity contribution < 1.29 is 9.90 Å². The van der Waals surface area contributed by atoms with E-state index in [4.69, 9.17) is 0 Å². The second-order valence-corrected chi connectivity index (χ2v) is 5.56. The van der Waals surface area contributed by atoms with E-state index in [1.165, 1.54) is 0 Å². The van der Waals surface area contributed by atoms with Gasteiger partial charge in [-0.15, -0.1) is 0 Å². The highest BCUT2D eigenvalue weighted by Gasteiger charge is 2.38. The van der Waals surface area contributed by atoms with Crippen molar-refractivity contribution in [2.75, 3.05) is 0 Å². The number of carboxylic acids is 1. The van der Waals surface area contributed by atoms with Gasteiger partial charge >= 0.3 is 5.97 Å². The number of nitrogens with zero attached hydrogens (tertiary/aromatic N) is 2. The summed E-state index contributed by atoms with van der Waals surface area (Å²) in [4.78, 5) is 11.6. The van der Waals surface area contributed by atoms with Crippen LogP contribution in [0.3, 0.4) is 0 Å². The lowest BCUT2D eigenvalue weighted by atomic mass is 9.90. The number of hydrogen-bond donors (Lipinski definition) is 2. The van der Waals surface area contributed by atoms with Gasteiger partial charge in [0.15, 0.2) is 0 Å². The molecule has 1 aromatic rings. The average Bonchev–Trinajstić information content (AvgIpc) is 2.58. The molecule has 1 aliphatic rings. The molecule has 0 amide bonds. The van der Waals surface area contributed by atoms with E-state index >= 15 is 0 Å². The minimum Gasteiger partial charge on any atom is -0.480 e. The maximum Gasteiger partial charge on any atom is 0.323 e. The molecule has 1 aromatic heterocycles. The van der Waals surface area contributed by atoms with Gasteiger partial charge in [-0.25, -0.2) is 0 Å². The van der Waals surface area contributed by atoms with Crippen LogP contribution < -0.4 is 5.32 Å². The molecule has 0 radical (unpaired) electrons. The summed E-state index contributed by atoms with van der Waals surface area (Å²) in [5, 5.41) is 17.2. The van der Waals surface area contributed by atoms with Crippen LogP contribution in [0.1, 0.15) is 49.9 Å². The molecule has 5 heteroatoms. The van der Waals surface area contributed by atoms with Gasteiger partial charge in [-0.05, 0) is 25.8 Å². The topological polar surface area (TPSA) is 67.2 Å². The minimum absolute atomic E-state index is 0.522. The van der Waals surface area contributed by atoms with E-state index in [2.05, 4.69) is 10.4 Å². The van der Waals surface area contributed by atoms with Crippen LogP contribution in [0.25, 0.3) is 0 Å². The number of carboxylic acid groups (broad SMARTS) is 1. The molecule has 1 heterocycles. The van der Waals surface area contributed by atoms with Gasteiger partial charge in [-0.3, -0.25) is 14.8 Å². The second kappa shape index (κ2) is 5.74. The third kappa shape index (κ3) is 3.15. The Balaban J connectivity index is 2.06. The third-order valence-corrected chi connectivity index (χ3v) is 4.14. The maximum absolute atomic E-state index is 11.6. The Morgan fingerprint density at radius 3 is 2.53 bits per heavy atom. The number of hydrogen-bond acceptors (Lipinski definition) is 3. The molecule has 0 unspecified atom stereocenters. The van der Waals surface area contributed by atoms with Crippen molar-refractivity contribution in [3.8, 4) is 0 Å². The predicted octanol–water partition coefficient (Wildman–Crippen LogP) is 2.00. The van der Waals surface area contributed by atoms with Crippen molar-refractivity contribution in [2.24, 2.45) is 7.05 Å². The van der Waals surface area contributed by atoms with Gasteiger partial charge in [0.2, 0.25) is 0 Å². The molecule has 19 heavy (non-hydrogen) atoms. The van der Waals surface area contributed by atoms with Crippen LogP contribution in [0.5, 0.6) is 0 Å². The Morgan fingerprint density at radius 2 is 2.05 bits per heavy atom. The predicted molar refractivity (Wildman–Crippen MR) is 72.9 cm³/mol. The first-order valence-electron chi connectivity index (χ1n) is 7.01. The molecular formula is C14H23N3O2. The van der Waals surface area contributed by atoms with E-state index in [1.54, 1.807) is 0 Å². The molecule has 1 aliphatic carbocycles. The maximum atomic E-state index is 11.6. The van der Waals surface area contributed by atoms with Gasteiger partial charge in [0, 0.05) is 19.3 Å². The first kappa shape index (κ1) is 14.1. The number of aromatic nitrogens is 2. The second-order valence-electron chi connectivity index (χ2n) is 5.56. The van der Waals surface area contributed by atoms with Gasteiger partial charge < -0.3 is 5.11 Å². The highest BCUT2D eigenvalue weighted by Crippen LogP contribution is 2.27. The van der Waals surface area contributed by atoms with E-state index in [-0.39, 0.29) is 0 Å². The highest BCUT2D eigenvalue weighted by atomic mass is 16.4.